The van der Waals surface area contributed by atoms with Crippen molar-refractivity contribution in [3.63, 3.8) is 0 Å². The molecule has 0 heterocycles. The van der Waals surface area contributed by atoms with Gasteiger partial charge >= 0.3 is 5.97 Å². The minimum atomic E-state index is -0.644. The number of nitrogens with two attached hydrogens (primary N) is 1. The van der Waals surface area contributed by atoms with Crippen molar-refractivity contribution in [2.45, 2.75) is 33.2 Å². The first-order valence-electron chi connectivity index (χ1n) is 6.40. The Kier molecular flexibility index (Phi) is 4.95. The zero-order chi connectivity index (χ0) is 14.6. The van der Waals surface area contributed by atoms with Crippen molar-refractivity contribution in [2.24, 2.45) is 17.1 Å². The van der Waals surface area contributed by atoms with Crippen LogP contribution in [0.4, 0.5) is 0 Å². The van der Waals surface area contributed by atoms with E-state index in [9.17, 15) is 4.79 Å². The van der Waals surface area contributed by atoms with E-state index in [4.69, 9.17) is 15.6 Å². The van der Waals surface area contributed by atoms with Gasteiger partial charge in [-0.15, -0.1) is 0 Å². The molecule has 1 aromatic rings. The molecule has 0 spiro atoms. The van der Waals surface area contributed by atoms with E-state index in [-0.39, 0.29) is 17.4 Å². The lowest BCUT2D eigenvalue weighted by Crippen LogP contribution is -2.04. The molecule has 0 bridgehead atoms. The fourth-order valence-electron chi connectivity index (χ4n) is 1.81. The summed E-state index contributed by atoms with van der Waals surface area (Å²) >= 11 is 0. The molecule has 4 nitrogen and oxygen atoms in total. The largest absolute Gasteiger partial charge is 0.497 e. The van der Waals surface area contributed by atoms with Crippen molar-refractivity contribution in [2.75, 3.05) is 7.11 Å². The smallest absolute Gasteiger partial charge is 0.307 e. The first-order chi connectivity index (χ1) is 8.77. The van der Waals surface area contributed by atoms with E-state index in [2.05, 4.69) is 0 Å². The van der Waals surface area contributed by atoms with Gasteiger partial charge in [-0.1, -0.05) is 26.0 Å². The third-order valence-electron chi connectivity index (χ3n) is 3.43. The Morgan fingerprint density at radius 1 is 1.53 bits per heavy atom. The number of ether oxygens (including phenoxy) is 1. The van der Waals surface area contributed by atoms with E-state index in [1.165, 1.54) is 0 Å². The molecule has 0 unspecified atom stereocenters. The van der Waals surface area contributed by atoms with Crippen LogP contribution >= 0.6 is 0 Å². The SMILES string of the molecule is CC1(C)C[C@H]1C(=O)O.COc1cccc([C@H](C)N)c1. The lowest BCUT2D eigenvalue weighted by molar-refractivity contribution is -0.139. The molecule has 0 amide bonds. The molecule has 0 aliphatic heterocycles. The van der Waals surface area contributed by atoms with Gasteiger partial charge in [-0.2, -0.15) is 0 Å². The zero-order valence-corrected chi connectivity index (χ0v) is 12.0. The molecule has 0 aromatic heterocycles. The summed E-state index contributed by atoms with van der Waals surface area (Å²) in [5.74, 6) is 0.150. The summed E-state index contributed by atoms with van der Waals surface area (Å²) < 4.78 is 5.05. The molecule has 19 heavy (non-hydrogen) atoms. The summed E-state index contributed by atoms with van der Waals surface area (Å²) in [4.78, 5) is 10.2. The number of benzene rings is 1. The van der Waals surface area contributed by atoms with Gasteiger partial charge in [0.25, 0.3) is 0 Å². The second-order valence-electron chi connectivity index (χ2n) is 5.65. The number of hydrogen-bond donors (Lipinski definition) is 2. The molecule has 1 aromatic carbocycles. The van der Waals surface area contributed by atoms with Crippen molar-refractivity contribution in [3.8, 4) is 5.75 Å². The molecular formula is C15H23NO3. The molecule has 0 radical (unpaired) electrons. The Labute approximate surface area is 114 Å². The molecule has 1 aliphatic rings. The summed E-state index contributed by atoms with van der Waals surface area (Å²) in [5.41, 5.74) is 6.87. The quantitative estimate of drug-likeness (QED) is 0.881. The van der Waals surface area contributed by atoms with Gasteiger partial charge in [0.15, 0.2) is 0 Å². The normalized spacial score (nSPS) is 20.8. The topological polar surface area (TPSA) is 72.5 Å². The number of methoxy groups -OCH3 is 1. The van der Waals surface area contributed by atoms with Crippen molar-refractivity contribution in [1.29, 1.82) is 0 Å². The first kappa shape index (κ1) is 15.5. The highest BCUT2D eigenvalue weighted by Crippen LogP contribution is 2.51. The van der Waals surface area contributed by atoms with Gasteiger partial charge in [0.05, 0.1) is 13.0 Å². The van der Waals surface area contributed by atoms with Crippen LogP contribution < -0.4 is 10.5 Å². The zero-order valence-electron chi connectivity index (χ0n) is 12.0. The second-order valence-corrected chi connectivity index (χ2v) is 5.65. The molecule has 1 aliphatic carbocycles. The summed E-state index contributed by atoms with van der Waals surface area (Å²) in [6, 6.07) is 7.87. The van der Waals surface area contributed by atoms with Gasteiger partial charge in [-0.25, -0.2) is 0 Å². The minimum absolute atomic E-state index is 0.0671. The molecule has 4 heteroatoms. The maximum absolute atomic E-state index is 10.2. The van der Waals surface area contributed by atoms with Crippen molar-refractivity contribution in [1.82, 2.24) is 0 Å². The highest BCUT2D eigenvalue weighted by Gasteiger charge is 2.50. The monoisotopic (exact) mass is 265 g/mol. The van der Waals surface area contributed by atoms with Crippen LogP contribution in [0.15, 0.2) is 24.3 Å². The van der Waals surface area contributed by atoms with E-state index < -0.39 is 5.97 Å². The van der Waals surface area contributed by atoms with Crippen molar-refractivity contribution in [3.05, 3.63) is 29.8 Å². The standard InChI is InChI=1S/C9H13NO.C6H10O2/c1-7(10)8-4-3-5-9(6-8)11-2;1-6(2)3-4(6)5(7)8/h3-7H,10H2,1-2H3;4H,3H2,1-2H3,(H,7,8)/t7-;4-/m00/s1. The van der Waals surface area contributed by atoms with Gasteiger partial charge in [-0.05, 0) is 36.5 Å². The molecule has 1 saturated carbocycles. The van der Waals surface area contributed by atoms with Crippen LogP contribution in [0, 0.1) is 11.3 Å². The lowest BCUT2D eigenvalue weighted by atomic mass is 10.1. The van der Waals surface area contributed by atoms with Crippen molar-refractivity contribution >= 4 is 5.97 Å². The average Bonchev–Trinajstić information content (AvgIpc) is 3.00. The minimum Gasteiger partial charge on any atom is -0.497 e. The van der Waals surface area contributed by atoms with Crippen LogP contribution in [0.1, 0.15) is 38.8 Å². The third-order valence-corrected chi connectivity index (χ3v) is 3.43. The Hall–Kier alpha value is -1.55. The van der Waals surface area contributed by atoms with Crippen LogP contribution in [0.3, 0.4) is 0 Å². The second kappa shape index (κ2) is 6.06. The van der Waals surface area contributed by atoms with E-state index in [0.29, 0.717) is 0 Å². The Bertz CT molecular complexity index is 441. The third kappa shape index (κ3) is 4.56. The lowest BCUT2D eigenvalue weighted by Gasteiger charge is -2.06. The molecule has 3 N–H and O–H groups in total. The number of hydrogen-bond acceptors (Lipinski definition) is 3. The molecule has 106 valence electrons. The molecular weight excluding hydrogens is 242 g/mol. The van der Waals surface area contributed by atoms with Crippen LogP contribution in [0.5, 0.6) is 5.75 Å². The molecule has 0 saturated heterocycles. The highest BCUT2D eigenvalue weighted by atomic mass is 16.5. The maximum atomic E-state index is 10.2. The van der Waals surface area contributed by atoms with Crippen LogP contribution in [0.2, 0.25) is 0 Å². The predicted octanol–water partition coefficient (Wildman–Crippen LogP) is 2.83. The summed E-state index contributed by atoms with van der Waals surface area (Å²) in [7, 11) is 1.65. The molecule has 2 rings (SSSR count). The Balaban J connectivity index is 0.000000200. The summed E-state index contributed by atoms with van der Waals surface area (Å²) in [6.45, 7) is 5.91. The van der Waals surface area contributed by atoms with Gasteiger partial charge in [0.2, 0.25) is 0 Å². The van der Waals surface area contributed by atoms with E-state index in [1.807, 2.05) is 45.0 Å². The fourth-order valence-corrected chi connectivity index (χ4v) is 1.81. The number of aliphatic carboxylic acids is 1. The maximum Gasteiger partial charge on any atom is 0.307 e. The van der Waals surface area contributed by atoms with Gasteiger partial charge in [0, 0.05) is 6.04 Å². The van der Waals surface area contributed by atoms with Crippen LogP contribution in [-0.2, 0) is 4.79 Å². The Morgan fingerprint density at radius 2 is 2.11 bits per heavy atom. The molecule has 1 fully saturated rings. The van der Waals surface area contributed by atoms with Crippen LogP contribution in [-0.4, -0.2) is 18.2 Å². The predicted molar refractivity (Wildman–Crippen MR) is 75.1 cm³/mol. The summed E-state index contributed by atoms with van der Waals surface area (Å²) in [5, 5.41) is 8.39. The fraction of sp³-hybridized carbons (Fsp3) is 0.533. The van der Waals surface area contributed by atoms with Gasteiger partial charge < -0.3 is 15.6 Å². The van der Waals surface area contributed by atoms with E-state index in [1.54, 1.807) is 7.11 Å². The van der Waals surface area contributed by atoms with Crippen LogP contribution in [0.25, 0.3) is 0 Å². The van der Waals surface area contributed by atoms with Crippen molar-refractivity contribution < 1.29 is 14.6 Å². The summed E-state index contributed by atoms with van der Waals surface area (Å²) in [6.07, 6.45) is 0.850. The number of carboxylic acids is 1. The first-order valence-corrected chi connectivity index (χ1v) is 6.40. The Morgan fingerprint density at radius 3 is 2.42 bits per heavy atom. The number of rotatable bonds is 3. The van der Waals surface area contributed by atoms with E-state index >= 15 is 0 Å². The molecule has 2 atom stereocenters. The highest BCUT2D eigenvalue weighted by molar-refractivity contribution is 5.74. The van der Waals surface area contributed by atoms with Gasteiger partial charge in [0.1, 0.15) is 5.75 Å². The van der Waals surface area contributed by atoms with E-state index in [0.717, 1.165) is 17.7 Å². The van der Waals surface area contributed by atoms with Gasteiger partial charge in [-0.3, -0.25) is 4.79 Å². The average molecular weight is 265 g/mol. The number of carboxylic acid groups (broad SMARTS) is 1. The number of carbonyl (C=O) groups is 1.